The summed E-state index contributed by atoms with van der Waals surface area (Å²) < 4.78 is 28.2. The lowest BCUT2D eigenvalue weighted by molar-refractivity contribution is 0.369. The van der Waals surface area contributed by atoms with E-state index in [-0.39, 0.29) is 4.90 Å². The summed E-state index contributed by atoms with van der Waals surface area (Å²) >= 11 is 0. The molecule has 0 saturated carbocycles. The van der Waals surface area contributed by atoms with Crippen molar-refractivity contribution in [2.45, 2.75) is 44.4 Å². The van der Waals surface area contributed by atoms with Crippen molar-refractivity contribution < 1.29 is 8.42 Å². The maximum atomic E-state index is 12.2. The van der Waals surface area contributed by atoms with Gasteiger partial charge in [0.1, 0.15) is 0 Å². The molecule has 0 spiro atoms. The van der Waals surface area contributed by atoms with Crippen LogP contribution in [0.5, 0.6) is 0 Å². The lowest BCUT2D eigenvalue weighted by atomic mass is 10.2. The zero-order valence-electron chi connectivity index (χ0n) is 14.5. The molecule has 0 atom stereocenters. The third-order valence-corrected chi connectivity index (χ3v) is 5.16. The Kier molecular flexibility index (Phi) is 6.79. The van der Waals surface area contributed by atoms with E-state index in [0.29, 0.717) is 0 Å². The fourth-order valence-electron chi connectivity index (χ4n) is 2.71. The summed E-state index contributed by atoms with van der Waals surface area (Å²) in [5.74, 6) is 0. The smallest absolute Gasteiger partial charge is 0.282 e. The predicted molar refractivity (Wildman–Crippen MR) is 99.7 cm³/mol. The normalized spacial score (nSPS) is 16.9. The Bertz CT molecular complexity index is 707. The topological polar surface area (TPSA) is 49.7 Å². The highest BCUT2D eigenvalue weighted by molar-refractivity contribution is 7.90. The van der Waals surface area contributed by atoms with Crippen molar-refractivity contribution in [3.8, 4) is 0 Å². The van der Waals surface area contributed by atoms with Crippen molar-refractivity contribution >= 4 is 16.2 Å². The molecular formula is C19H26N2O2S. The van der Waals surface area contributed by atoms with E-state index in [9.17, 15) is 8.42 Å². The molecule has 1 saturated heterocycles. The first-order chi connectivity index (χ1) is 11.5. The Hall–Kier alpha value is -1.88. The minimum atomic E-state index is -3.64. The molecule has 1 aromatic carbocycles. The van der Waals surface area contributed by atoms with Crippen molar-refractivity contribution in [2.24, 2.45) is 4.40 Å². The van der Waals surface area contributed by atoms with Crippen molar-refractivity contribution in [3.05, 3.63) is 53.8 Å². The molecule has 0 N–H and O–H groups in total. The predicted octanol–water partition coefficient (Wildman–Crippen LogP) is 4.17. The van der Waals surface area contributed by atoms with E-state index < -0.39 is 10.0 Å². The van der Waals surface area contributed by atoms with Crippen LogP contribution >= 0.6 is 0 Å². The second-order valence-electron chi connectivity index (χ2n) is 6.26. The second-order valence-corrected chi connectivity index (χ2v) is 7.89. The molecule has 1 fully saturated rings. The number of rotatable bonds is 5. The zero-order valence-corrected chi connectivity index (χ0v) is 15.3. The summed E-state index contributed by atoms with van der Waals surface area (Å²) in [5.41, 5.74) is 2.22. The number of hydrogen-bond acceptors (Lipinski definition) is 3. The quantitative estimate of drug-likeness (QED) is 0.594. The third-order valence-electron chi connectivity index (χ3n) is 3.89. The minimum Gasteiger partial charge on any atom is -0.371 e. The van der Waals surface area contributed by atoms with E-state index in [1.807, 2.05) is 13.8 Å². The van der Waals surface area contributed by atoms with Gasteiger partial charge in [0.2, 0.25) is 0 Å². The van der Waals surface area contributed by atoms with Crippen LogP contribution < -0.4 is 0 Å². The van der Waals surface area contributed by atoms with E-state index in [1.54, 1.807) is 36.4 Å². The molecule has 1 aliphatic heterocycles. The van der Waals surface area contributed by atoms with E-state index in [0.717, 1.165) is 18.8 Å². The van der Waals surface area contributed by atoms with Crippen LogP contribution in [0.2, 0.25) is 0 Å². The summed E-state index contributed by atoms with van der Waals surface area (Å²) in [6, 6.07) is 8.30. The largest absolute Gasteiger partial charge is 0.371 e. The van der Waals surface area contributed by atoms with Gasteiger partial charge in [-0.3, -0.25) is 0 Å². The van der Waals surface area contributed by atoms with E-state index in [2.05, 4.69) is 15.4 Å². The van der Waals surface area contributed by atoms with Crippen molar-refractivity contribution in [2.75, 3.05) is 13.1 Å². The van der Waals surface area contributed by atoms with E-state index in [1.165, 1.54) is 37.5 Å². The lowest BCUT2D eigenvalue weighted by Crippen LogP contribution is -2.23. The van der Waals surface area contributed by atoms with Crippen LogP contribution in [-0.2, 0) is 10.0 Å². The fraction of sp³-hybridized carbons (Fsp3) is 0.421. The highest BCUT2D eigenvalue weighted by atomic mass is 32.2. The number of hydrogen-bond donors (Lipinski definition) is 0. The Morgan fingerprint density at radius 3 is 2.25 bits per heavy atom. The second kappa shape index (κ2) is 8.83. The van der Waals surface area contributed by atoms with Crippen molar-refractivity contribution in [1.82, 2.24) is 4.90 Å². The van der Waals surface area contributed by atoms with Gasteiger partial charge in [-0.15, -0.1) is 0 Å². The molecule has 5 heteroatoms. The van der Waals surface area contributed by atoms with Gasteiger partial charge in [0.15, 0.2) is 0 Å². The van der Waals surface area contributed by atoms with Gasteiger partial charge in [0, 0.05) is 25.0 Å². The molecule has 130 valence electrons. The van der Waals surface area contributed by atoms with Crippen LogP contribution in [0.3, 0.4) is 0 Å². The lowest BCUT2D eigenvalue weighted by Gasteiger charge is -2.23. The molecule has 2 rings (SSSR count). The number of allylic oxidation sites excluding steroid dienone is 3. The van der Waals surface area contributed by atoms with E-state index >= 15 is 0 Å². The van der Waals surface area contributed by atoms with Crippen molar-refractivity contribution in [1.29, 1.82) is 0 Å². The standard InChI is InChI=1S/C19H26N2O2S/c1-17(2)16-18(21-14-8-3-4-9-15-21)12-13-20-24(22,23)19-10-6-5-7-11-19/h5-7,10-13,16H,3-4,8-9,14-15H2,1-2H3/b18-12+,20-13+. The average molecular weight is 346 g/mol. The molecule has 4 nitrogen and oxygen atoms in total. The maximum Gasteiger partial charge on any atom is 0.282 e. The monoisotopic (exact) mass is 346 g/mol. The molecule has 0 amide bonds. The maximum absolute atomic E-state index is 12.2. The summed E-state index contributed by atoms with van der Waals surface area (Å²) in [6.45, 7) is 6.11. The summed E-state index contributed by atoms with van der Waals surface area (Å²) in [6.07, 6.45) is 10.2. The van der Waals surface area contributed by atoms with Crippen LogP contribution in [0, 0.1) is 0 Å². The molecule has 24 heavy (non-hydrogen) atoms. The summed E-state index contributed by atoms with van der Waals surface area (Å²) in [4.78, 5) is 2.54. The van der Waals surface area contributed by atoms with E-state index in [4.69, 9.17) is 0 Å². The first-order valence-electron chi connectivity index (χ1n) is 8.44. The Labute approximate surface area is 145 Å². The van der Waals surface area contributed by atoms with Gasteiger partial charge in [-0.2, -0.15) is 12.8 Å². The van der Waals surface area contributed by atoms with Gasteiger partial charge >= 0.3 is 0 Å². The molecule has 0 radical (unpaired) electrons. The summed E-state index contributed by atoms with van der Waals surface area (Å²) in [7, 11) is -3.64. The molecule has 1 aliphatic rings. The van der Waals surface area contributed by atoms with Gasteiger partial charge in [-0.1, -0.05) is 36.6 Å². The number of likely N-dealkylation sites (tertiary alicyclic amines) is 1. The van der Waals surface area contributed by atoms with Gasteiger partial charge in [0.25, 0.3) is 10.0 Å². The molecule has 1 heterocycles. The Balaban J connectivity index is 2.21. The SMILES string of the molecule is CC(C)=C/C(=C\C=N\S(=O)(=O)c1ccccc1)N1CCCCCC1. The van der Waals surface area contributed by atoms with Gasteiger partial charge < -0.3 is 4.90 Å². The Morgan fingerprint density at radius 2 is 1.67 bits per heavy atom. The molecule has 0 unspecified atom stereocenters. The van der Waals surface area contributed by atoms with Crippen LogP contribution in [0.4, 0.5) is 0 Å². The first-order valence-corrected chi connectivity index (χ1v) is 9.88. The van der Waals surface area contributed by atoms with Gasteiger partial charge in [-0.05, 0) is 51.0 Å². The van der Waals surface area contributed by atoms with Crippen LogP contribution in [-0.4, -0.2) is 32.6 Å². The minimum absolute atomic E-state index is 0.216. The first kappa shape index (κ1) is 18.5. The molecule has 0 bridgehead atoms. The average Bonchev–Trinajstić information content (AvgIpc) is 2.83. The molecule has 0 aliphatic carbocycles. The number of nitrogens with zero attached hydrogens (tertiary/aromatic N) is 2. The molecular weight excluding hydrogens is 320 g/mol. The zero-order chi connectivity index (χ0) is 17.4. The number of benzene rings is 1. The highest BCUT2D eigenvalue weighted by Gasteiger charge is 2.12. The van der Waals surface area contributed by atoms with Crippen LogP contribution in [0.25, 0.3) is 0 Å². The molecule has 1 aromatic rings. The van der Waals surface area contributed by atoms with Gasteiger partial charge in [0.05, 0.1) is 4.90 Å². The molecule has 0 aromatic heterocycles. The van der Waals surface area contributed by atoms with Gasteiger partial charge in [-0.25, -0.2) is 0 Å². The summed E-state index contributed by atoms with van der Waals surface area (Å²) in [5, 5.41) is 0. The fourth-order valence-corrected chi connectivity index (χ4v) is 3.55. The number of sulfonamides is 1. The van der Waals surface area contributed by atoms with Crippen molar-refractivity contribution in [3.63, 3.8) is 0 Å². The Morgan fingerprint density at radius 1 is 1.04 bits per heavy atom. The third kappa shape index (κ3) is 5.64. The van der Waals surface area contributed by atoms with Crippen LogP contribution in [0.1, 0.15) is 39.5 Å². The highest BCUT2D eigenvalue weighted by Crippen LogP contribution is 2.17. The van der Waals surface area contributed by atoms with Crippen LogP contribution in [0.15, 0.2) is 63.0 Å².